The maximum absolute atomic E-state index is 10.4. The lowest BCUT2D eigenvalue weighted by atomic mass is 9.95. The van der Waals surface area contributed by atoms with Gasteiger partial charge >= 0.3 is 0 Å². The Bertz CT molecular complexity index is 1110. The summed E-state index contributed by atoms with van der Waals surface area (Å²) in [5.41, 5.74) is 4.85. The predicted molar refractivity (Wildman–Crippen MR) is 111 cm³/mol. The number of hydrogen-bond acceptors (Lipinski definition) is 5. The molecule has 0 saturated heterocycles. The molecule has 146 valence electrons. The third kappa shape index (κ3) is 2.90. The number of phenolic OH excluding ortho intramolecular Hbond substituents is 1. The molecule has 0 fully saturated rings. The van der Waals surface area contributed by atoms with E-state index in [2.05, 4.69) is 31.2 Å². The maximum Gasteiger partial charge on any atom is 0.214 e. The first kappa shape index (κ1) is 17.6. The van der Waals surface area contributed by atoms with Crippen molar-refractivity contribution in [1.29, 1.82) is 0 Å². The second-order valence-corrected chi connectivity index (χ2v) is 7.43. The summed E-state index contributed by atoms with van der Waals surface area (Å²) in [5, 5.41) is 17.3. The summed E-state index contributed by atoms with van der Waals surface area (Å²) in [4.78, 5) is 0. The molecule has 0 aliphatic carbocycles. The van der Waals surface area contributed by atoms with E-state index in [1.165, 1.54) is 0 Å². The maximum atomic E-state index is 10.4. The average Bonchev–Trinajstić information content (AvgIpc) is 3.18. The molecule has 0 aromatic heterocycles. The van der Waals surface area contributed by atoms with Crippen LogP contribution in [0.15, 0.2) is 71.8 Å². The first-order chi connectivity index (χ1) is 14.2. The first-order valence-corrected chi connectivity index (χ1v) is 9.70. The number of para-hydroxylation sites is 2. The van der Waals surface area contributed by atoms with Gasteiger partial charge in [0.1, 0.15) is 5.75 Å². The zero-order valence-corrected chi connectivity index (χ0v) is 16.4. The molecule has 5 heteroatoms. The summed E-state index contributed by atoms with van der Waals surface area (Å²) in [7, 11) is 1.66. The van der Waals surface area contributed by atoms with Gasteiger partial charge in [0, 0.05) is 23.1 Å². The molecule has 2 aliphatic heterocycles. The first-order valence-electron chi connectivity index (χ1n) is 9.70. The Morgan fingerprint density at radius 3 is 2.69 bits per heavy atom. The van der Waals surface area contributed by atoms with Crippen LogP contribution in [0.3, 0.4) is 0 Å². The third-order valence-electron chi connectivity index (χ3n) is 5.54. The molecule has 0 spiro atoms. The Labute approximate surface area is 169 Å². The largest absolute Gasteiger partial charge is 0.507 e. The molecular formula is C24H22N2O3. The van der Waals surface area contributed by atoms with Gasteiger partial charge in [-0.05, 0) is 25.1 Å². The Hall–Kier alpha value is -3.47. The van der Waals surface area contributed by atoms with Gasteiger partial charge in [0.25, 0.3) is 0 Å². The van der Waals surface area contributed by atoms with Gasteiger partial charge in [-0.1, -0.05) is 54.1 Å². The van der Waals surface area contributed by atoms with Crippen LogP contribution in [-0.2, 0) is 0 Å². The summed E-state index contributed by atoms with van der Waals surface area (Å²) in [6.45, 7) is 2.07. The molecule has 2 aliphatic rings. The van der Waals surface area contributed by atoms with Crippen LogP contribution < -0.4 is 9.47 Å². The van der Waals surface area contributed by atoms with Gasteiger partial charge < -0.3 is 14.6 Å². The molecule has 0 amide bonds. The highest BCUT2D eigenvalue weighted by atomic mass is 16.5. The van der Waals surface area contributed by atoms with Crippen LogP contribution in [-0.4, -0.2) is 22.9 Å². The minimum Gasteiger partial charge on any atom is -0.507 e. The SMILES string of the molecule is COc1cccc2c1OC(c1cccc(C)c1)N1N=C(c3ccccc3O)CC21. The molecule has 5 nitrogen and oxygen atoms in total. The van der Waals surface area contributed by atoms with Crippen LogP contribution in [0.1, 0.15) is 40.9 Å². The number of aromatic hydroxyl groups is 1. The lowest BCUT2D eigenvalue weighted by Gasteiger charge is -2.38. The van der Waals surface area contributed by atoms with Crippen LogP contribution in [0.4, 0.5) is 0 Å². The Morgan fingerprint density at radius 2 is 1.90 bits per heavy atom. The highest BCUT2D eigenvalue weighted by Crippen LogP contribution is 2.51. The topological polar surface area (TPSA) is 54.3 Å². The minimum atomic E-state index is -0.368. The lowest BCUT2D eigenvalue weighted by molar-refractivity contribution is -0.0209. The number of ether oxygens (including phenoxy) is 2. The zero-order chi connectivity index (χ0) is 20.0. The molecule has 0 bridgehead atoms. The lowest BCUT2D eigenvalue weighted by Crippen LogP contribution is -2.33. The third-order valence-corrected chi connectivity index (χ3v) is 5.54. The number of aryl methyl sites for hydroxylation is 1. The number of phenols is 1. The van der Waals surface area contributed by atoms with Crippen molar-refractivity contribution in [1.82, 2.24) is 5.01 Å². The molecule has 29 heavy (non-hydrogen) atoms. The zero-order valence-electron chi connectivity index (χ0n) is 16.4. The van der Waals surface area contributed by atoms with E-state index in [0.29, 0.717) is 6.42 Å². The van der Waals surface area contributed by atoms with Crippen molar-refractivity contribution in [3.05, 3.63) is 89.0 Å². The molecule has 2 atom stereocenters. The molecule has 3 aromatic carbocycles. The summed E-state index contributed by atoms with van der Waals surface area (Å²) in [6, 6.07) is 21.6. The van der Waals surface area contributed by atoms with Gasteiger partial charge in [-0.15, -0.1) is 0 Å². The fraction of sp³-hybridized carbons (Fsp3) is 0.208. The van der Waals surface area contributed by atoms with Crippen LogP contribution in [0.25, 0.3) is 0 Å². The van der Waals surface area contributed by atoms with Gasteiger partial charge in [-0.25, -0.2) is 5.01 Å². The van der Waals surface area contributed by atoms with E-state index in [9.17, 15) is 5.11 Å². The van der Waals surface area contributed by atoms with Gasteiger partial charge in [-0.2, -0.15) is 5.10 Å². The number of rotatable bonds is 3. The number of nitrogens with zero attached hydrogens (tertiary/aromatic N) is 2. The number of methoxy groups -OCH3 is 1. The second kappa shape index (κ2) is 6.85. The van der Waals surface area contributed by atoms with Crippen molar-refractivity contribution in [2.45, 2.75) is 25.6 Å². The molecule has 0 radical (unpaired) electrons. The number of benzene rings is 3. The standard InChI is InChI=1S/C24H22N2O3/c1-15-7-5-8-16(13-15)24-26-20(18-10-6-12-22(28-2)23(18)29-24)14-19(25-26)17-9-3-4-11-21(17)27/h3-13,20,24,27H,14H2,1-2H3. The molecule has 0 saturated carbocycles. The molecule has 5 rings (SSSR count). The Kier molecular flexibility index (Phi) is 4.16. The van der Waals surface area contributed by atoms with Crippen LogP contribution >= 0.6 is 0 Å². The summed E-state index contributed by atoms with van der Waals surface area (Å²) in [5.74, 6) is 1.72. The number of fused-ring (bicyclic) bond motifs is 3. The highest BCUT2D eigenvalue weighted by Gasteiger charge is 2.42. The monoisotopic (exact) mass is 386 g/mol. The van der Waals surface area contributed by atoms with Gasteiger partial charge in [-0.3, -0.25) is 0 Å². The van der Waals surface area contributed by atoms with Gasteiger partial charge in [0.15, 0.2) is 11.5 Å². The van der Waals surface area contributed by atoms with Crippen molar-refractivity contribution in [3.8, 4) is 17.2 Å². The van der Waals surface area contributed by atoms with Crippen LogP contribution in [0, 0.1) is 6.92 Å². The minimum absolute atomic E-state index is 0.00830. The summed E-state index contributed by atoms with van der Waals surface area (Å²) < 4.78 is 12.0. The molecule has 3 aromatic rings. The molecular weight excluding hydrogens is 364 g/mol. The molecule has 1 N–H and O–H groups in total. The smallest absolute Gasteiger partial charge is 0.214 e. The fourth-order valence-electron chi connectivity index (χ4n) is 4.17. The molecule has 2 heterocycles. The van der Waals surface area contributed by atoms with Crippen molar-refractivity contribution in [2.24, 2.45) is 5.10 Å². The van der Waals surface area contributed by atoms with Gasteiger partial charge in [0.05, 0.1) is 18.9 Å². The van der Waals surface area contributed by atoms with Crippen molar-refractivity contribution in [2.75, 3.05) is 7.11 Å². The van der Waals surface area contributed by atoms with Crippen molar-refractivity contribution >= 4 is 5.71 Å². The number of hydrogen-bond donors (Lipinski definition) is 1. The van der Waals surface area contributed by atoms with E-state index >= 15 is 0 Å². The normalized spacial score (nSPS) is 19.8. The Morgan fingerprint density at radius 1 is 1.07 bits per heavy atom. The average molecular weight is 386 g/mol. The quantitative estimate of drug-likeness (QED) is 0.692. The van der Waals surface area contributed by atoms with Crippen molar-refractivity contribution in [3.63, 3.8) is 0 Å². The predicted octanol–water partition coefficient (Wildman–Crippen LogP) is 4.95. The highest BCUT2D eigenvalue weighted by molar-refractivity contribution is 6.04. The van der Waals surface area contributed by atoms with Crippen LogP contribution in [0.5, 0.6) is 17.2 Å². The fourth-order valence-corrected chi connectivity index (χ4v) is 4.17. The second-order valence-electron chi connectivity index (χ2n) is 7.43. The van der Waals surface area contributed by atoms with E-state index in [0.717, 1.165) is 39.5 Å². The number of hydrazone groups is 1. The summed E-state index contributed by atoms with van der Waals surface area (Å²) >= 11 is 0. The van der Waals surface area contributed by atoms with Crippen molar-refractivity contribution < 1.29 is 14.6 Å². The summed E-state index contributed by atoms with van der Waals surface area (Å²) in [6.07, 6.45) is 0.315. The van der Waals surface area contributed by atoms with Crippen LogP contribution in [0.2, 0.25) is 0 Å². The van der Waals surface area contributed by atoms with E-state index in [1.807, 2.05) is 41.4 Å². The van der Waals surface area contributed by atoms with E-state index in [1.54, 1.807) is 13.2 Å². The van der Waals surface area contributed by atoms with Gasteiger partial charge in [0.2, 0.25) is 6.23 Å². The van der Waals surface area contributed by atoms with E-state index < -0.39 is 0 Å². The van der Waals surface area contributed by atoms with E-state index in [-0.39, 0.29) is 18.0 Å². The van der Waals surface area contributed by atoms with E-state index in [4.69, 9.17) is 14.6 Å². The Balaban J connectivity index is 1.65. The molecule has 2 unspecified atom stereocenters.